The second-order valence-corrected chi connectivity index (χ2v) is 6.72. The van der Waals surface area contributed by atoms with Gasteiger partial charge in [-0.1, -0.05) is 18.2 Å². The van der Waals surface area contributed by atoms with E-state index in [1.165, 1.54) is 0 Å². The van der Waals surface area contributed by atoms with Crippen molar-refractivity contribution in [3.63, 3.8) is 0 Å². The minimum atomic E-state index is -0.0468. The number of aryl methyl sites for hydroxylation is 1. The van der Waals surface area contributed by atoms with E-state index in [1.54, 1.807) is 11.3 Å². The van der Waals surface area contributed by atoms with Gasteiger partial charge in [0.25, 0.3) is 0 Å². The number of thiazole rings is 1. The molecule has 3 aromatic heterocycles. The van der Waals surface area contributed by atoms with Crippen molar-refractivity contribution < 1.29 is 0 Å². The van der Waals surface area contributed by atoms with Crippen molar-refractivity contribution in [1.82, 2.24) is 19.7 Å². The lowest BCUT2D eigenvalue weighted by molar-refractivity contribution is 0.808. The molecule has 0 saturated carbocycles. The maximum absolute atomic E-state index is 5.92. The molecule has 4 rings (SSSR count). The van der Waals surface area contributed by atoms with Crippen molar-refractivity contribution in [2.24, 2.45) is 5.73 Å². The van der Waals surface area contributed by atoms with Gasteiger partial charge in [-0.15, -0.1) is 11.3 Å². The van der Waals surface area contributed by atoms with Crippen molar-refractivity contribution in [3.05, 3.63) is 58.7 Å². The maximum Gasteiger partial charge on any atom is 0.154 e. The first-order chi connectivity index (χ1) is 11.6. The van der Waals surface area contributed by atoms with Gasteiger partial charge < -0.3 is 5.73 Å². The summed E-state index contributed by atoms with van der Waals surface area (Å²) >= 11 is 1.59. The summed E-state index contributed by atoms with van der Waals surface area (Å²) in [5.41, 5.74) is 9.90. The number of nitrogens with two attached hydrogens (primary N) is 1. The second-order valence-electron chi connectivity index (χ2n) is 5.83. The molecule has 2 N–H and O–H groups in total. The highest BCUT2D eigenvalue weighted by Gasteiger charge is 2.11. The van der Waals surface area contributed by atoms with Gasteiger partial charge in [0.1, 0.15) is 5.01 Å². The average molecular weight is 335 g/mol. The van der Waals surface area contributed by atoms with E-state index in [2.05, 4.69) is 33.3 Å². The highest BCUT2D eigenvalue weighted by atomic mass is 32.1. The third-order valence-electron chi connectivity index (χ3n) is 3.87. The molecule has 3 heterocycles. The molecule has 6 heteroatoms. The molecule has 0 aliphatic rings. The molecule has 0 fully saturated rings. The Kier molecular flexibility index (Phi) is 3.63. The predicted octanol–water partition coefficient (Wildman–Crippen LogP) is 3.87. The summed E-state index contributed by atoms with van der Waals surface area (Å²) < 4.78 is 1.87. The molecular formula is C18H17N5S. The minimum Gasteiger partial charge on any atom is -0.322 e. The van der Waals surface area contributed by atoms with E-state index in [4.69, 9.17) is 5.73 Å². The Morgan fingerprint density at radius 3 is 2.79 bits per heavy atom. The quantitative estimate of drug-likeness (QED) is 0.617. The Labute approximate surface area is 143 Å². The third kappa shape index (κ3) is 2.60. The lowest BCUT2D eigenvalue weighted by Crippen LogP contribution is -2.03. The van der Waals surface area contributed by atoms with Crippen LogP contribution in [0.25, 0.3) is 28.0 Å². The van der Waals surface area contributed by atoms with E-state index in [9.17, 15) is 0 Å². The summed E-state index contributed by atoms with van der Waals surface area (Å²) in [6, 6.07) is 12.1. The van der Waals surface area contributed by atoms with Gasteiger partial charge in [0, 0.05) is 22.0 Å². The first kappa shape index (κ1) is 15.0. The summed E-state index contributed by atoms with van der Waals surface area (Å²) in [6.07, 6.45) is 1.86. The molecule has 5 nitrogen and oxygen atoms in total. The SMILES string of the molecule is Cc1cccc(-n2ncc3ccc(-c4csc(C(C)N)n4)cc32)n1. The molecule has 0 aliphatic heterocycles. The first-order valence-electron chi connectivity index (χ1n) is 7.75. The van der Waals surface area contributed by atoms with Crippen LogP contribution < -0.4 is 5.73 Å². The second kappa shape index (κ2) is 5.81. The topological polar surface area (TPSA) is 69.6 Å². The van der Waals surface area contributed by atoms with Gasteiger partial charge in [-0.25, -0.2) is 14.6 Å². The molecule has 1 aromatic carbocycles. The van der Waals surface area contributed by atoms with E-state index in [0.717, 1.165) is 38.7 Å². The third-order valence-corrected chi connectivity index (χ3v) is 4.91. The van der Waals surface area contributed by atoms with E-state index in [0.29, 0.717) is 0 Å². The molecular weight excluding hydrogens is 318 g/mol. The van der Waals surface area contributed by atoms with Crippen molar-refractivity contribution in [1.29, 1.82) is 0 Å². The molecule has 1 atom stereocenters. The van der Waals surface area contributed by atoms with Crippen LogP contribution in [0.5, 0.6) is 0 Å². The van der Waals surface area contributed by atoms with Crippen molar-refractivity contribution in [2.75, 3.05) is 0 Å². The molecule has 0 bridgehead atoms. The predicted molar refractivity (Wildman–Crippen MR) is 97.3 cm³/mol. The summed E-state index contributed by atoms with van der Waals surface area (Å²) in [5, 5.41) is 8.56. The maximum atomic E-state index is 5.92. The molecule has 0 amide bonds. The normalized spacial score (nSPS) is 12.6. The molecule has 4 aromatic rings. The van der Waals surface area contributed by atoms with Gasteiger partial charge >= 0.3 is 0 Å². The minimum absolute atomic E-state index is 0.0468. The van der Waals surface area contributed by atoms with E-state index in [1.807, 2.05) is 48.3 Å². The highest BCUT2D eigenvalue weighted by Crippen LogP contribution is 2.28. The van der Waals surface area contributed by atoms with Gasteiger partial charge in [0.15, 0.2) is 5.82 Å². The van der Waals surface area contributed by atoms with Crippen molar-refractivity contribution in [3.8, 4) is 17.1 Å². The lowest BCUT2D eigenvalue weighted by atomic mass is 10.1. The van der Waals surface area contributed by atoms with Crippen molar-refractivity contribution in [2.45, 2.75) is 19.9 Å². The number of benzene rings is 1. The largest absolute Gasteiger partial charge is 0.322 e. The number of fused-ring (bicyclic) bond motifs is 1. The zero-order valence-electron chi connectivity index (χ0n) is 13.5. The Morgan fingerprint density at radius 2 is 2.04 bits per heavy atom. The van der Waals surface area contributed by atoms with Gasteiger partial charge in [-0.2, -0.15) is 5.10 Å². The van der Waals surface area contributed by atoms with E-state index < -0.39 is 0 Å². The van der Waals surface area contributed by atoms with Crippen LogP contribution in [0.15, 0.2) is 48.0 Å². The van der Waals surface area contributed by atoms with Crippen LogP contribution in [-0.2, 0) is 0 Å². The van der Waals surface area contributed by atoms with Crippen LogP contribution in [0.2, 0.25) is 0 Å². The molecule has 0 radical (unpaired) electrons. The summed E-state index contributed by atoms with van der Waals surface area (Å²) in [7, 11) is 0. The molecule has 0 spiro atoms. The van der Waals surface area contributed by atoms with Gasteiger partial charge in [-0.05, 0) is 32.0 Å². The van der Waals surface area contributed by atoms with E-state index >= 15 is 0 Å². The van der Waals surface area contributed by atoms with Crippen LogP contribution in [0.3, 0.4) is 0 Å². The Bertz CT molecular complexity index is 1020. The van der Waals surface area contributed by atoms with Crippen LogP contribution in [0, 0.1) is 6.92 Å². The van der Waals surface area contributed by atoms with Crippen LogP contribution >= 0.6 is 11.3 Å². The summed E-state index contributed by atoms with van der Waals surface area (Å²) in [4.78, 5) is 9.20. The van der Waals surface area contributed by atoms with Gasteiger partial charge in [0.2, 0.25) is 0 Å². The Morgan fingerprint density at radius 1 is 1.17 bits per heavy atom. The number of hydrogen-bond acceptors (Lipinski definition) is 5. The Balaban J connectivity index is 1.83. The first-order valence-corrected chi connectivity index (χ1v) is 8.63. The fraction of sp³-hybridized carbons (Fsp3) is 0.167. The smallest absolute Gasteiger partial charge is 0.154 e. The molecule has 120 valence electrons. The number of pyridine rings is 1. The molecule has 0 aliphatic carbocycles. The molecule has 1 unspecified atom stereocenters. The van der Waals surface area contributed by atoms with Gasteiger partial charge in [0.05, 0.1) is 23.4 Å². The zero-order valence-corrected chi connectivity index (χ0v) is 14.3. The zero-order chi connectivity index (χ0) is 16.7. The fourth-order valence-corrected chi connectivity index (χ4v) is 3.42. The fourth-order valence-electron chi connectivity index (χ4n) is 2.64. The highest BCUT2D eigenvalue weighted by molar-refractivity contribution is 7.10. The van der Waals surface area contributed by atoms with Crippen LogP contribution in [-0.4, -0.2) is 19.7 Å². The van der Waals surface area contributed by atoms with Crippen molar-refractivity contribution >= 4 is 22.2 Å². The Hall–Kier alpha value is -2.57. The summed E-state index contributed by atoms with van der Waals surface area (Å²) in [5.74, 6) is 0.816. The molecule has 24 heavy (non-hydrogen) atoms. The number of nitrogens with zero attached hydrogens (tertiary/aromatic N) is 4. The number of aromatic nitrogens is 4. The average Bonchev–Trinajstić information content (AvgIpc) is 3.21. The number of hydrogen-bond donors (Lipinski definition) is 1. The van der Waals surface area contributed by atoms with Gasteiger partial charge in [-0.3, -0.25) is 0 Å². The van der Waals surface area contributed by atoms with Crippen LogP contribution in [0.4, 0.5) is 0 Å². The number of rotatable bonds is 3. The summed E-state index contributed by atoms with van der Waals surface area (Å²) in [6.45, 7) is 3.93. The molecule has 0 saturated heterocycles. The lowest BCUT2D eigenvalue weighted by Gasteiger charge is -2.05. The van der Waals surface area contributed by atoms with E-state index in [-0.39, 0.29) is 6.04 Å². The standard InChI is InChI=1S/C18H17N5S/c1-11-4-3-5-17(21-11)23-16-8-13(6-7-14(16)9-20-23)15-10-24-18(22-15)12(2)19/h3-10,12H,19H2,1-2H3. The van der Waals surface area contributed by atoms with Crippen LogP contribution in [0.1, 0.15) is 23.7 Å². The monoisotopic (exact) mass is 335 g/mol.